The maximum atomic E-state index is 12.0. The van der Waals surface area contributed by atoms with Crippen LogP contribution < -0.4 is 0 Å². The number of aromatic nitrogens is 1. The molecule has 0 bridgehead atoms. The van der Waals surface area contributed by atoms with E-state index in [1.54, 1.807) is 6.20 Å². The average molecular weight is 197 g/mol. The standard InChI is InChI=1S/C13H11NO/c15-13(9-5-6-9)11-7-8-14-12-4-2-1-3-10(11)12/h1-4,7-9H,5-6H2. The average Bonchev–Trinajstić information content (AvgIpc) is 3.11. The Morgan fingerprint density at radius 3 is 2.80 bits per heavy atom. The molecule has 0 N–H and O–H groups in total. The van der Waals surface area contributed by atoms with Crippen molar-refractivity contribution in [3.63, 3.8) is 0 Å². The summed E-state index contributed by atoms with van der Waals surface area (Å²) in [7, 11) is 0. The van der Waals surface area contributed by atoms with Gasteiger partial charge in [0.05, 0.1) is 5.52 Å². The van der Waals surface area contributed by atoms with Crippen molar-refractivity contribution in [3.8, 4) is 0 Å². The Balaban J connectivity index is 2.20. The molecule has 2 nitrogen and oxygen atoms in total. The minimum Gasteiger partial charge on any atom is -0.294 e. The van der Waals surface area contributed by atoms with Crippen molar-refractivity contribution >= 4 is 16.7 Å². The Morgan fingerprint density at radius 1 is 1.20 bits per heavy atom. The number of nitrogens with zero attached hydrogens (tertiary/aromatic N) is 1. The van der Waals surface area contributed by atoms with Crippen molar-refractivity contribution in [2.75, 3.05) is 0 Å². The van der Waals surface area contributed by atoms with Crippen LogP contribution in [0.5, 0.6) is 0 Å². The summed E-state index contributed by atoms with van der Waals surface area (Å²) in [6.07, 6.45) is 3.82. The van der Waals surface area contributed by atoms with E-state index in [-0.39, 0.29) is 11.7 Å². The molecule has 0 aliphatic heterocycles. The number of carbonyl (C=O) groups excluding carboxylic acids is 1. The number of hydrogen-bond acceptors (Lipinski definition) is 2. The molecular formula is C13H11NO. The number of fused-ring (bicyclic) bond motifs is 1. The second kappa shape index (κ2) is 3.16. The number of para-hydroxylation sites is 1. The molecule has 1 saturated carbocycles. The SMILES string of the molecule is O=C(c1ccnc2ccccc12)C1CC1. The first-order valence-corrected chi connectivity index (χ1v) is 5.24. The lowest BCUT2D eigenvalue weighted by atomic mass is 10.0. The molecule has 0 unspecified atom stereocenters. The highest BCUT2D eigenvalue weighted by molar-refractivity contribution is 6.09. The molecule has 0 spiro atoms. The summed E-state index contributed by atoms with van der Waals surface area (Å²) in [5, 5.41) is 0.983. The van der Waals surface area contributed by atoms with Crippen LogP contribution in [-0.4, -0.2) is 10.8 Å². The molecule has 1 heterocycles. The molecule has 1 aliphatic rings. The van der Waals surface area contributed by atoms with Gasteiger partial charge in [0.2, 0.25) is 0 Å². The van der Waals surface area contributed by atoms with E-state index in [0.29, 0.717) is 0 Å². The van der Waals surface area contributed by atoms with Crippen molar-refractivity contribution in [2.45, 2.75) is 12.8 Å². The van der Waals surface area contributed by atoms with Crippen LogP contribution in [0.25, 0.3) is 10.9 Å². The number of carbonyl (C=O) groups is 1. The number of rotatable bonds is 2. The summed E-state index contributed by atoms with van der Waals surface area (Å²) >= 11 is 0. The summed E-state index contributed by atoms with van der Waals surface area (Å²) < 4.78 is 0. The monoisotopic (exact) mass is 197 g/mol. The first-order valence-electron chi connectivity index (χ1n) is 5.24. The normalized spacial score (nSPS) is 15.5. The highest BCUT2D eigenvalue weighted by Crippen LogP contribution is 2.34. The smallest absolute Gasteiger partial charge is 0.166 e. The lowest BCUT2D eigenvalue weighted by Crippen LogP contribution is -2.02. The van der Waals surface area contributed by atoms with E-state index in [1.165, 1.54) is 0 Å². The van der Waals surface area contributed by atoms with E-state index in [9.17, 15) is 4.79 Å². The van der Waals surface area contributed by atoms with Gasteiger partial charge in [-0.2, -0.15) is 0 Å². The van der Waals surface area contributed by atoms with Gasteiger partial charge in [0.25, 0.3) is 0 Å². The van der Waals surface area contributed by atoms with Gasteiger partial charge in [-0.15, -0.1) is 0 Å². The van der Waals surface area contributed by atoms with Gasteiger partial charge in [0, 0.05) is 23.1 Å². The Bertz CT molecular complexity index is 524. The van der Waals surface area contributed by atoms with Crippen LogP contribution >= 0.6 is 0 Å². The molecule has 3 rings (SSSR count). The van der Waals surface area contributed by atoms with Crippen molar-refractivity contribution in [2.24, 2.45) is 5.92 Å². The van der Waals surface area contributed by atoms with Crippen LogP contribution in [0.4, 0.5) is 0 Å². The molecule has 1 aliphatic carbocycles. The van der Waals surface area contributed by atoms with Crippen LogP contribution in [0.15, 0.2) is 36.5 Å². The van der Waals surface area contributed by atoms with E-state index in [1.807, 2.05) is 30.3 Å². The fourth-order valence-electron chi connectivity index (χ4n) is 1.88. The Kier molecular flexibility index (Phi) is 1.81. The molecule has 0 radical (unpaired) electrons. The maximum Gasteiger partial charge on any atom is 0.166 e. The second-order valence-electron chi connectivity index (χ2n) is 4.01. The van der Waals surface area contributed by atoms with Gasteiger partial charge < -0.3 is 0 Å². The van der Waals surface area contributed by atoms with Gasteiger partial charge in [0.1, 0.15) is 0 Å². The topological polar surface area (TPSA) is 30.0 Å². The van der Waals surface area contributed by atoms with Crippen molar-refractivity contribution < 1.29 is 4.79 Å². The molecule has 1 aromatic heterocycles. The lowest BCUT2D eigenvalue weighted by Gasteiger charge is -2.03. The van der Waals surface area contributed by atoms with E-state index >= 15 is 0 Å². The Labute approximate surface area is 87.9 Å². The second-order valence-corrected chi connectivity index (χ2v) is 4.01. The summed E-state index contributed by atoms with van der Waals surface area (Å²) in [5.41, 5.74) is 1.74. The minimum absolute atomic E-state index is 0.274. The van der Waals surface area contributed by atoms with Gasteiger partial charge in [-0.05, 0) is 25.0 Å². The predicted molar refractivity (Wildman–Crippen MR) is 58.8 cm³/mol. The molecule has 2 heteroatoms. The third-order valence-corrected chi connectivity index (χ3v) is 2.86. The van der Waals surface area contributed by atoms with Gasteiger partial charge >= 0.3 is 0 Å². The van der Waals surface area contributed by atoms with Crippen LogP contribution in [-0.2, 0) is 0 Å². The lowest BCUT2D eigenvalue weighted by molar-refractivity contribution is 0.0969. The number of benzene rings is 1. The first kappa shape index (κ1) is 8.60. The van der Waals surface area contributed by atoms with E-state index in [0.717, 1.165) is 29.3 Å². The van der Waals surface area contributed by atoms with Gasteiger partial charge in [0.15, 0.2) is 5.78 Å². The van der Waals surface area contributed by atoms with Gasteiger partial charge in [-0.1, -0.05) is 18.2 Å². The molecule has 0 atom stereocenters. The third-order valence-electron chi connectivity index (χ3n) is 2.86. The van der Waals surface area contributed by atoms with Gasteiger partial charge in [-0.25, -0.2) is 0 Å². The highest BCUT2D eigenvalue weighted by atomic mass is 16.1. The molecule has 15 heavy (non-hydrogen) atoms. The predicted octanol–water partition coefficient (Wildman–Crippen LogP) is 2.83. The molecule has 1 fully saturated rings. The largest absolute Gasteiger partial charge is 0.294 e. The Hall–Kier alpha value is -1.70. The first-order chi connectivity index (χ1) is 7.36. The van der Waals surface area contributed by atoms with Gasteiger partial charge in [-0.3, -0.25) is 9.78 Å². The zero-order valence-corrected chi connectivity index (χ0v) is 8.31. The summed E-state index contributed by atoms with van der Waals surface area (Å²) in [6.45, 7) is 0. The fraction of sp³-hybridized carbons (Fsp3) is 0.231. The minimum atomic E-state index is 0.274. The van der Waals surface area contributed by atoms with E-state index in [4.69, 9.17) is 0 Å². The molecule has 0 amide bonds. The maximum absolute atomic E-state index is 12.0. The number of hydrogen-bond donors (Lipinski definition) is 0. The van der Waals surface area contributed by atoms with Crippen LogP contribution in [0.1, 0.15) is 23.2 Å². The molecule has 2 aromatic rings. The molecule has 0 saturated heterocycles. The molecular weight excluding hydrogens is 186 g/mol. The number of ketones is 1. The van der Waals surface area contributed by atoms with Crippen molar-refractivity contribution in [1.29, 1.82) is 0 Å². The zero-order valence-electron chi connectivity index (χ0n) is 8.31. The van der Waals surface area contributed by atoms with Crippen molar-refractivity contribution in [1.82, 2.24) is 4.98 Å². The third kappa shape index (κ3) is 1.42. The highest BCUT2D eigenvalue weighted by Gasteiger charge is 2.31. The molecule has 1 aromatic carbocycles. The van der Waals surface area contributed by atoms with Crippen molar-refractivity contribution in [3.05, 3.63) is 42.1 Å². The number of pyridine rings is 1. The quantitative estimate of drug-likeness (QED) is 0.693. The Morgan fingerprint density at radius 2 is 2.00 bits per heavy atom. The van der Waals surface area contributed by atoms with Crippen LogP contribution in [0.2, 0.25) is 0 Å². The summed E-state index contributed by atoms with van der Waals surface area (Å²) in [4.78, 5) is 16.2. The van der Waals surface area contributed by atoms with E-state index in [2.05, 4.69) is 4.98 Å². The van der Waals surface area contributed by atoms with E-state index < -0.39 is 0 Å². The number of Topliss-reactive ketones (excluding diaryl/α,β-unsaturated/α-hetero) is 1. The summed E-state index contributed by atoms with van der Waals surface area (Å²) in [6, 6.07) is 9.65. The molecule has 74 valence electrons. The fourth-order valence-corrected chi connectivity index (χ4v) is 1.88. The zero-order chi connectivity index (χ0) is 10.3. The summed E-state index contributed by atoms with van der Waals surface area (Å²) in [5.74, 6) is 0.560. The van der Waals surface area contributed by atoms with Crippen LogP contribution in [0, 0.1) is 5.92 Å². The van der Waals surface area contributed by atoms with Crippen LogP contribution in [0.3, 0.4) is 0 Å².